The Morgan fingerprint density at radius 2 is 2.04 bits per heavy atom. The number of hydrogen-bond donors (Lipinski definition) is 1. The summed E-state index contributed by atoms with van der Waals surface area (Å²) in [6.07, 6.45) is 0.614. The van der Waals surface area contributed by atoms with Gasteiger partial charge in [-0.2, -0.15) is 0 Å². The predicted molar refractivity (Wildman–Crippen MR) is 108 cm³/mol. The third kappa shape index (κ3) is 3.04. The molecule has 4 rings (SSSR count). The van der Waals surface area contributed by atoms with Crippen molar-refractivity contribution in [3.05, 3.63) is 53.1 Å². The van der Waals surface area contributed by atoms with Gasteiger partial charge in [0.1, 0.15) is 0 Å². The molecule has 6 nitrogen and oxygen atoms in total. The summed E-state index contributed by atoms with van der Waals surface area (Å²) in [6.45, 7) is 1.35. The van der Waals surface area contributed by atoms with E-state index in [1.165, 1.54) is 16.7 Å². The third-order valence-corrected chi connectivity index (χ3v) is 6.73. The van der Waals surface area contributed by atoms with Gasteiger partial charge in [-0.25, -0.2) is 4.79 Å². The lowest BCUT2D eigenvalue weighted by atomic mass is 10.2. The molecule has 1 atom stereocenters. The number of benzene rings is 2. The van der Waals surface area contributed by atoms with Crippen molar-refractivity contribution in [3.8, 4) is 0 Å². The van der Waals surface area contributed by atoms with Crippen molar-refractivity contribution < 1.29 is 19.1 Å². The van der Waals surface area contributed by atoms with E-state index < -0.39 is 23.4 Å². The fourth-order valence-corrected chi connectivity index (χ4v) is 5.03. The molecule has 2 heterocycles. The molecule has 2 aromatic rings. The summed E-state index contributed by atoms with van der Waals surface area (Å²) in [5.74, 6) is -1.17. The Morgan fingerprint density at radius 1 is 1.25 bits per heavy atom. The van der Waals surface area contributed by atoms with Crippen LogP contribution in [-0.2, 0) is 19.1 Å². The summed E-state index contributed by atoms with van der Waals surface area (Å²) in [4.78, 5) is 38.8. The molecule has 0 saturated carbocycles. The topological polar surface area (TPSA) is 75.7 Å². The number of halogens is 1. The number of anilines is 2. The zero-order valence-corrected chi connectivity index (χ0v) is 16.6. The van der Waals surface area contributed by atoms with Gasteiger partial charge in [-0.15, -0.1) is 0 Å². The number of hydrogen-bond acceptors (Lipinski definition) is 5. The minimum absolute atomic E-state index is 0.117. The molecule has 0 spiro atoms. The van der Waals surface area contributed by atoms with Gasteiger partial charge >= 0.3 is 5.97 Å². The number of thioether (sulfide) groups is 1. The summed E-state index contributed by atoms with van der Waals surface area (Å²) < 4.78 is 5.32. The number of nitrogens with one attached hydrogen (secondary N) is 1. The van der Waals surface area contributed by atoms with Crippen molar-refractivity contribution in [2.24, 2.45) is 0 Å². The van der Waals surface area contributed by atoms with Crippen LogP contribution in [0.1, 0.15) is 18.4 Å². The van der Waals surface area contributed by atoms with Crippen molar-refractivity contribution in [3.63, 3.8) is 0 Å². The fraction of sp³-hybridized carbons (Fsp3) is 0.250. The van der Waals surface area contributed by atoms with E-state index in [0.29, 0.717) is 22.8 Å². The number of esters is 1. The average Bonchev–Trinajstić information content (AvgIpc) is 3.19. The first-order valence-electron chi connectivity index (χ1n) is 8.76. The molecule has 2 aliphatic heterocycles. The monoisotopic (exact) mass is 416 g/mol. The number of rotatable bonds is 4. The molecule has 1 fully saturated rings. The predicted octanol–water partition coefficient (Wildman–Crippen LogP) is 3.76. The Hall–Kier alpha value is -2.51. The standard InChI is InChI=1S/C20H17ClN2O4S/c1-12-13(21)5-4-6-14(12)22-17(24)11-27-19(26)20-10-9-18(25)23(20)15-7-2-3-8-16(15)28-20/h2-8H,9-11H2,1H3,(H,22,24)/t20-/m1/s1. The maximum absolute atomic E-state index is 12.9. The van der Waals surface area contributed by atoms with Gasteiger partial charge in [-0.1, -0.05) is 41.6 Å². The smallest absolute Gasteiger partial charge is 0.344 e. The Kier molecular flexibility index (Phi) is 4.81. The average molecular weight is 417 g/mol. The van der Waals surface area contributed by atoms with Crippen LogP contribution in [0.4, 0.5) is 11.4 Å². The second-order valence-electron chi connectivity index (χ2n) is 6.62. The molecular formula is C20H17ClN2O4S. The van der Waals surface area contributed by atoms with Gasteiger partial charge in [0.25, 0.3) is 5.91 Å². The van der Waals surface area contributed by atoms with Gasteiger partial charge in [0, 0.05) is 28.4 Å². The quantitative estimate of drug-likeness (QED) is 0.768. The first kappa shape index (κ1) is 18.8. The molecule has 2 aromatic carbocycles. The van der Waals surface area contributed by atoms with Crippen LogP contribution in [0.2, 0.25) is 5.02 Å². The van der Waals surface area contributed by atoms with Crippen LogP contribution in [0.3, 0.4) is 0 Å². The lowest BCUT2D eigenvalue weighted by molar-refractivity contribution is -0.149. The molecule has 0 unspecified atom stereocenters. The van der Waals surface area contributed by atoms with Gasteiger partial charge in [0.05, 0.1) is 5.69 Å². The van der Waals surface area contributed by atoms with Crippen molar-refractivity contribution >= 4 is 52.5 Å². The number of carbonyl (C=O) groups excluding carboxylic acids is 3. The Morgan fingerprint density at radius 3 is 2.86 bits per heavy atom. The van der Waals surface area contributed by atoms with Crippen LogP contribution in [0, 0.1) is 6.92 Å². The van der Waals surface area contributed by atoms with Crippen LogP contribution < -0.4 is 10.2 Å². The van der Waals surface area contributed by atoms with Crippen molar-refractivity contribution in [1.29, 1.82) is 0 Å². The van der Waals surface area contributed by atoms with Crippen LogP contribution >= 0.6 is 23.4 Å². The van der Waals surface area contributed by atoms with Crippen molar-refractivity contribution in [1.82, 2.24) is 0 Å². The van der Waals surface area contributed by atoms with Crippen LogP contribution in [-0.4, -0.2) is 29.3 Å². The molecule has 0 bridgehead atoms. The molecule has 1 saturated heterocycles. The van der Waals surface area contributed by atoms with Crippen LogP contribution in [0.15, 0.2) is 47.4 Å². The summed E-state index contributed by atoms with van der Waals surface area (Å²) in [5, 5.41) is 3.23. The second kappa shape index (κ2) is 7.14. The molecule has 2 amide bonds. The highest BCUT2D eigenvalue weighted by Gasteiger charge is 2.58. The molecule has 144 valence electrons. The Labute approximate surface area is 171 Å². The molecule has 28 heavy (non-hydrogen) atoms. The molecule has 0 aliphatic carbocycles. The first-order chi connectivity index (χ1) is 13.4. The van der Waals surface area contributed by atoms with Gasteiger partial charge < -0.3 is 10.1 Å². The highest BCUT2D eigenvalue weighted by atomic mass is 35.5. The van der Waals surface area contributed by atoms with Gasteiger partial charge in [-0.05, 0) is 36.8 Å². The lowest BCUT2D eigenvalue weighted by Crippen LogP contribution is -2.48. The number of nitrogens with zero attached hydrogens (tertiary/aromatic N) is 1. The van der Waals surface area contributed by atoms with Crippen LogP contribution in [0.5, 0.6) is 0 Å². The zero-order chi connectivity index (χ0) is 19.9. The van der Waals surface area contributed by atoms with Gasteiger partial charge in [0.15, 0.2) is 11.5 Å². The van der Waals surface area contributed by atoms with E-state index in [2.05, 4.69) is 5.32 Å². The number of ether oxygens (including phenoxy) is 1. The molecular weight excluding hydrogens is 400 g/mol. The summed E-state index contributed by atoms with van der Waals surface area (Å²) in [5.41, 5.74) is 2.01. The first-order valence-corrected chi connectivity index (χ1v) is 9.95. The van der Waals surface area contributed by atoms with E-state index in [1.807, 2.05) is 24.3 Å². The zero-order valence-electron chi connectivity index (χ0n) is 15.0. The maximum atomic E-state index is 12.9. The largest absolute Gasteiger partial charge is 0.453 e. The summed E-state index contributed by atoms with van der Waals surface area (Å²) in [6, 6.07) is 12.5. The highest BCUT2D eigenvalue weighted by Crippen LogP contribution is 2.56. The third-order valence-electron chi connectivity index (χ3n) is 4.87. The van der Waals surface area contributed by atoms with E-state index in [-0.39, 0.29) is 12.3 Å². The number of para-hydroxylation sites is 1. The van der Waals surface area contributed by atoms with Gasteiger partial charge in [-0.3, -0.25) is 14.5 Å². The van der Waals surface area contributed by atoms with Crippen molar-refractivity contribution in [2.75, 3.05) is 16.8 Å². The number of amides is 2. The summed E-state index contributed by atoms with van der Waals surface area (Å²) in [7, 11) is 0. The summed E-state index contributed by atoms with van der Waals surface area (Å²) >= 11 is 7.36. The van der Waals surface area contributed by atoms with E-state index in [9.17, 15) is 14.4 Å². The van der Waals surface area contributed by atoms with Crippen LogP contribution in [0.25, 0.3) is 0 Å². The SMILES string of the molecule is Cc1c(Cl)cccc1NC(=O)COC(=O)[C@]12CCC(=O)N1c1ccccc1S2. The Bertz CT molecular complexity index is 996. The number of fused-ring (bicyclic) bond motifs is 3. The van der Waals surface area contributed by atoms with Gasteiger partial charge in [0.2, 0.25) is 5.91 Å². The van der Waals surface area contributed by atoms with E-state index >= 15 is 0 Å². The van der Waals surface area contributed by atoms with E-state index in [1.54, 1.807) is 25.1 Å². The highest BCUT2D eigenvalue weighted by molar-refractivity contribution is 8.02. The molecule has 8 heteroatoms. The van der Waals surface area contributed by atoms with Crippen molar-refractivity contribution in [2.45, 2.75) is 29.5 Å². The molecule has 0 aromatic heterocycles. The maximum Gasteiger partial charge on any atom is 0.344 e. The molecule has 2 aliphatic rings. The van der Waals surface area contributed by atoms with E-state index in [0.717, 1.165) is 10.5 Å². The molecule has 1 N–H and O–H groups in total. The minimum Gasteiger partial charge on any atom is -0.453 e. The fourth-order valence-electron chi connectivity index (χ4n) is 3.45. The molecule has 0 radical (unpaired) electrons. The minimum atomic E-state index is -1.13. The second-order valence-corrected chi connectivity index (χ2v) is 8.35. The normalized spacial score (nSPS) is 19.9. The van der Waals surface area contributed by atoms with E-state index in [4.69, 9.17) is 16.3 Å². The Balaban J connectivity index is 1.46. The lowest BCUT2D eigenvalue weighted by Gasteiger charge is -2.28. The number of carbonyl (C=O) groups is 3.